The minimum absolute atomic E-state index is 0.605. The highest BCUT2D eigenvalue weighted by molar-refractivity contribution is 7.26. The number of rotatable bonds is 4. The average Bonchev–Trinajstić information content (AvgIpc) is 3.72. The van der Waals surface area contributed by atoms with Crippen molar-refractivity contribution in [3.8, 4) is 45.3 Å². The molecule has 10 aromatic rings. The smallest absolute Gasteiger partial charge is 0.164 e. The van der Waals surface area contributed by atoms with E-state index >= 15 is 0 Å². The Morgan fingerprint density at radius 2 is 1.04 bits per heavy atom. The van der Waals surface area contributed by atoms with Crippen LogP contribution in [0.15, 0.2) is 156 Å². The number of benzene rings is 7. The van der Waals surface area contributed by atoms with E-state index in [9.17, 15) is 0 Å². The number of aromatic nitrogens is 3. The highest BCUT2D eigenvalue weighted by Gasteiger charge is 2.21. The van der Waals surface area contributed by atoms with E-state index in [-0.39, 0.29) is 0 Å². The SMILES string of the molecule is c1ccc(-c2nc(-c3ccccc3)nc(-c3cc(-c4cccc5c4sc4ccccc45)cc4oc5cc6ccccc6cc5c34)n2)cc1. The van der Waals surface area contributed by atoms with Crippen molar-refractivity contribution in [2.45, 2.75) is 0 Å². The highest BCUT2D eigenvalue weighted by Crippen LogP contribution is 2.44. The van der Waals surface area contributed by atoms with Crippen molar-refractivity contribution >= 4 is 64.2 Å². The van der Waals surface area contributed by atoms with Crippen LogP contribution in [0.1, 0.15) is 0 Å². The first-order valence-electron chi connectivity index (χ1n) is 15.9. The van der Waals surface area contributed by atoms with E-state index in [2.05, 4.69) is 91.0 Å². The van der Waals surface area contributed by atoms with E-state index in [0.29, 0.717) is 17.5 Å². The molecule has 0 unspecified atom stereocenters. The molecule has 5 heteroatoms. The first-order valence-corrected chi connectivity index (χ1v) is 16.8. The van der Waals surface area contributed by atoms with Crippen molar-refractivity contribution in [1.29, 1.82) is 0 Å². The monoisotopic (exact) mass is 631 g/mol. The highest BCUT2D eigenvalue weighted by atomic mass is 32.1. The second kappa shape index (κ2) is 10.7. The predicted octanol–water partition coefficient (Wildman–Crippen LogP) is 12.0. The molecule has 0 radical (unpaired) electrons. The van der Waals surface area contributed by atoms with Gasteiger partial charge < -0.3 is 4.42 Å². The third-order valence-electron chi connectivity index (χ3n) is 9.09. The maximum atomic E-state index is 6.72. The molecule has 0 spiro atoms. The van der Waals surface area contributed by atoms with Gasteiger partial charge in [0.2, 0.25) is 0 Å². The fourth-order valence-corrected chi connectivity index (χ4v) is 8.07. The predicted molar refractivity (Wildman–Crippen MR) is 199 cm³/mol. The maximum Gasteiger partial charge on any atom is 0.164 e. The van der Waals surface area contributed by atoms with Gasteiger partial charge in [-0.1, -0.05) is 121 Å². The molecule has 0 fully saturated rings. The van der Waals surface area contributed by atoms with Gasteiger partial charge >= 0.3 is 0 Å². The minimum Gasteiger partial charge on any atom is -0.456 e. The van der Waals surface area contributed by atoms with Crippen molar-refractivity contribution in [3.63, 3.8) is 0 Å². The molecule has 0 bridgehead atoms. The van der Waals surface area contributed by atoms with Gasteiger partial charge in [0.05, 0.1) is 0 Å². The molecular formula is C43H25N3OS. The lowest BCUT2D eigenvalue weighted by molar-refractivity contribution is 0.669. The molecule has 0 atom stereocenters. The molecule has 0 aliphatic rings. The van der Waals surface area contributed by atoms with E-state index < -0.39 is 0 Å². The van der Waals surface area contributed by atoms with Crippen molar-refractivity contribution in [3.05, 3.63) is 152 Å². The molecule has 3 aromatic heterocycles. The number of hydrogen-bond donors (Lipinski definition) is 0. The summed E-state index contributed by atoms with van der Waals surface area (Å²) in [6.45, 7) is 0. The van der Waals surface area contributed by atoms with Crippen LogP contribution < -0.4 is 0 Å². The lowest BCUT2D eigenvalue weighted by atomic mass is 9.96. The van der Waals surface area contributed by atoms with Crippen LogP contribution in [0.25, 0.3) is 98.2 Å². The summed E-state index contributed by atoms with van der Waals surface area (Å²) in [5.41, 5.74) is 6.62. The van der Waals surface area contributed by atoms with Crippen molar-refractivity contribution in [1.82, 2.24) is 15.0 Å². The number of thiophene rings is 1. The number of hydrogen-bond acceptors (Lipinski definition) is 5. The van der Waals surface area contributed by atoms with Crippen LogP contribution in [0.5, 0.6) is 0 Å². The molecule has 0 N–H and O–H groups in total. The number of furan rings is 1. The van der Waals surface area contributed by atoms with Crippen LogP contribution in [0.3, 0.4) is 0 Å². The molecule has 4 nitrogen and oxygen atoms in total. The quantitative estimate of drug-likeness (QED) is 0.194. The Balaban J connectivity index is 1.31. The zero-order valence-electron chi connectivity index (χ0n) is 25.6. The van der Waals surface area contributed by atoms with Gasteiger partial charge in [-0.25, -0.2) is 15.0 Å². The van der Waals surface area contributed by atoms with Gasteiger partial charge in [-0.3, -0.25) is 0 Å². The molecule has 7 aromatic carbocycles. The van der Waals surface area contributed by atoms with Gasteiger partial charge in [0.15, 0.2) is 17.5 Å². The Kier molecular flexibility index (Phi) is 6.01. The van der Waals surface area contributed by atoms with Crippen LogP contribution in [-0.2, 0) is 0 Å². The summed E-state index contributed by atoms with van der Waals surface area (Å²) in [6.07, 6.45) is 0. The lowest BCUT2D eigenvalue weighted by Gasteiger charge is -2.11. The van der Waals surface area contributed by atoms with Crippen LogP contribution >= 0.6 is 11.3 Å². The fraction of sp³-hybridized carbons (Fsp3) is 0. The summed E-state index contributed by atoms with van der Waals surface area (Å²) in [7, 11) is 0. The molecule has 0 aliphatic heterocycles. The van der Waals surface area contributed by atoms with Gasteiger partial charge in [0.1, 0.15) is 11.2 Å². The Morgan fingerprint density at radius 3 is 1.79 bits per heavy atom. The summed E-state index contributed by atoms with van der Waals surface area (Å²) in [4.78, 5) is 15.3. The summed E-state index contributed by atoms with van der Waals surface area (Å²) in [5.74, 6) is 1.86. The molecule has 10 rings (SSSR count). The first kappa shape index (κ1) is 27.0. The summed E-state index contributed by atoms with van der Waals surface area (Å²) >= 11 is 1.82. The zero-order valence-corrected chi connectivity index (χ0v) is 26.4. The van der Waals surface area contributed by atoms with Crippen LogP contribution in [-0.4, -0.2) is 15.0 Å². The van der Waals surface area contributed by atoms with E-state index in [0.717, 1.165) is 60.5 Å². The van der Waals surface area contributed by atoms with E-state index in [1.165, 1.54) is 20.2 Å². The Bertz CT molecular complexity index is 2780. The zero-order chi connectivity index (χ0) is 31.6. The second-order valence-corrected chi connectivity index (χ2v) is 13.1. The Labute approximate surface area is 279 Å². The maximum absolute atomic E-state index is 6.72. The van der Waals surface area contributed by atoms with E-state index in [1.807, 2.05) is 72.0 Å². The van der Waals surface area contributed by atoms with Gasteiger partial charge in [-0.15, -0.1) is 11.3 Å². The molecule has 0 aliphatic carbocycles. The van der Waals surface area contributed by atoms with Gasteiger partial charge in [-0.2, -0.15) is 0 Å². The minimum atomic E-state index is 0.605. The average molecular weight is 632 g/mol. The van der Waals surface area contributed by atoms with Crippen LogP contribution in [0.4, 0.5) is 0 Å². The molecule has 48 heavy (non-hydrogen) atoms. The van der Waals surface area contributed by atoms with Gasteiger partial charge in [0.25, 0.3) is 0 Å². The topological polar surface area (TPSA) is 51.8 Å². The molecule has 0 saturated carbocycles. The summed E-state index contributed by atoms with van der Waals surface area (Å²) in [6, 6.07) is 52.6. The van der Waals surface area contributed by atoms with Crippen LogP contribution in [0.2, 0.25) is 0 Å². The number of fused-ring (bicyclic) bond motifs is 7. The van der Waals surface area contributed by atoms with Crippen LogP contribution in [0, 0.1) is 0 Å². The van der Waals surface area contributed by atoms with Gasteiger partial charge in [-0.05, 0) is 52.2 Å². The Morgan fingerprint density at radius 1 is 0.417 bits per heavy atom. The molecule has 0 amide bonds. The molecule has 3 heterocycles. The fourth-order valence-electron chi connectivity index (χ4n) is 6.83. The lowest BCUT2D eigenvalue weighted by Crippen LogP contribution is -2.00. The van der Waals surface area contributed by atoms with E-state index in [1.54, 1.807) is 0 Å². The summed E-state index contributed by atoms with van der Waals surface area (Å²) in [5, 5.41) is 6.85. The van der Waals surface area contributed by atoms with E-state index in [4.69, 9.17) is 19.4 Å². The first-order chi connectivity index (χ1) is 23.8. The van der Waals surface area contributed by atoms with Crippen molar-refractivity contribution in [2.24, 2.45) is 0 Å². The molecule has 0 saturated heterocycles. The largest absolute Gasteiger partial charge is 0.456 e. The van der Waals surface area contributed by atoms with Crippen molar-refractivity contribution < 1.29 is 4.42 Å². The van der Waals surface area contributed by atoms with Crippen molar-refractivity contribution in [2.75, 3.05) is 0 Å². The Hall–Kier alpha value is -6.17. The summed E-state index contributed by atoms with van der Waals surface area (Å²) < 4.78 is 9.24. The number of nitrogens with zero attached hydrogens (tertiary/aromatic N) is 3. The molecular weight excluding hydrogens is 607 g/mol. The molecule has 224 valence electrons. The second-order valence-electron chi connectivity index (χ2n) is 12.0. The third kappa shape index (κ3) is 4.33. The third-order valence-corrected chi connectivity index (χ3v) is 10.3. The standard InChI is InChI=1S/C43H25N3OS/c1-3-12-26(13-4-1)41-44-42(27-14-5-2-6-15-27)46-43(45-41)35-23-30(31-19-11-20-33-32-18-9-10-21-38(32)48-40(31)33)25-37-39(35)34-22-28-16-7-8-17-29(28)24-36(34)47-37/h1-25H. The van der Waals surface area contributed by atoms with Gasteiger partial charge in [0, 0.05) is 47.6 Å². The normalized spacial score (nSPS) is 11.8.